The van der Waals surface area contributed by atoms with E-state index in [1.807, 2.05) is 0 Å². The van der Waals surface area contributed by atoms with Gasteiger partial charge in [-0.15, -0.1) is 0 Å². The van der Waals surface area contributed by atoms with Crippen LogP contribution in [0, 0.1) is 11.6 Å². The number of carbonyl (C=O) groups excluding carboxylic acids is 1. The smallest absolute Gasteiger partial charge is 0.323 e. The normalized spacial score (nSPS) is 10.2. The maximum atomic E-state index is 13.4. The van der Waals surface area contributed by atoms with Crippen molar-refractivity contribution in [2.45, 2.75) is 0 Å². The standard InChI is InChI=1S/C13H10BrF2N3O/c14-9-6-8(17)2-4-11(9)18-13(20)19-12-3-1-7(15)5-10(12)16/h1-6H,17H2,(H2,18,19,20). The first-order valence-electron chi connectivity index (χ1n) is 5.54. The van der Waals surface area contributed by atoms with Gasteiger partial charge in [0.2, 0.25) is 0 Å². The molecule has 0 aromatic heterocycles. The number of halogens is 3. The van der Waals surface area contributed by atoms with E-state index in [-0.39, 0.29) is 5.69 Å². The lowest BCUT2D eigenvalue weighted by Crippen LogP contribution is -2.20. The van der Waals surface area contributed by atoms with Crippen LogP contribution in [0.4, 0.5) is 30.6 Å². The second-order valence-electron chi connectivity index (χ2n) is 3.94. The molecule has 0 aliphatic rings. The highest BCUT2D eigenvalue weighted by Gasteiger charge is 2.09. The van der Waals surface area contributed by atoms with E-state index < -0.39 is 17.7 Å². The molecule has 0 saturated heterocycles. The van der Waals surface area contributed by atoms with Gasteiger partial charge in [0.05, 0.1) is 11.4 Å². The minimum Gasteiger partial charge on any atom is -0.399 e. The van der Waals surface area contributed by atoms with Crippen LogP contribution in [0.3, 0.4) is 0 Å². The second-order valence-corrected chi connectivity index (χ2v) is 4.80. The lowest BCUT2D eigenvalue weighted by Gasteiger charge is -2.10. The Bertz CT molecular complexity index is 609. The fourth-order valence-corrected chi connectivity index (χ4v) is 2.00. The Morgan fingerprint density at radius 3 is 2.35 bits per heavy atom. The van der Waals surface area contributed by atoms with Crippen molar-refractivity contribution in [3.8, 4) is 0 Å². The van der Waals surface area contributed by atoms with Crippen molar-refractivity contribution in [3.05, 3.63) is 52.5 Å². The summed E-state index contributed by atoms with van der Waals surface area (Å²) >= 11 is 3.24. The molecule has 0 atom stereocenters. The third-order valence-electron chi connectivity index (χ3n) is 2.42. The number of nitrogen functional groups attached to an aromatic ring is 1. The zero-order valence-electron chi connectivity index (χ0n) is 10.1. The van der Waals surface area contributed by atoms with Gasteiger partial charge in [0.25, 0.3) is 0 Å². The third-order valence-corrected chi connectivity index (χ3v) is 3.08. The highest BCUT2D eigenvalue weighted by Crippen LogP contribution is 2.25. The lowest BCUT2D eigenvalue weighted by atomic mass is 10.3. The zero-order valence-corrected chi connectivity index (χ0v) is 11.7. The first kappa shape index (κ1) is 14.3. The number of carbonyl (C=O) groups is 1. The van der Waals surface area contributed by atoms with Gasteiger partial charge < -0.3 is 16.4 Å². The highest BCUT2D eigenvalue weighted by atomic mass is 79.9. The summed E-state index contributed by atoms with van der Waals surface area (Å²) in [6.45, 7) is 0. The molecule has 0 heterocycles. The monoisotopic (exact) mass is 341 g/mol. The Kier molecular flexibility index (Phi) is 4.19. The molecule has 4 N–H and O–H groups in total. The van der Waals surface area contributed by atoms with Crippen LogP contribution in [0.2, 0.25) is 0 Å². The van der Waals surface area contributed by atoms with Crippen molar-refractivity contribution in [3.63, 3.8) is 0 Å². The van der Waals surface area contributed by atoms with Crippen LogP contribution in [0.1, 0.15) is 0 Å². The maximum Gasteiger partial charge on any atom is 0.323 e. The molecule has 0 aliphatic heterocycles. The van der Waals surface area contributed by atoms with Crippen LogP contribution in [0.15, 0.2) is 40.9 Å². The summed E-state index contributed by atoms with van der Waals surface area (Å²) in [5.74, 6) is -1.56. The number of rotatable bonds is 2. The first-order valence-corrected chi connectivity index (χ1v) is 6.33. The molecule has 2 amide bonds. The van der Waals surface area contributed by atoms with Crippen molar-refractivity contribution in [1.29, 1.82) is 0 Å². The molecule has 0 unspecified atom stereocenters. The molecule has 0 radical (unpaired) electrons. The van der Waals surface area contributed by atoms with Crippen molar-refractivity contribution in [1.82, 2.24) is 0 Å². The number of anilines is 3. The Morgan fingerprint density at radius 1 is 1.05 bits per heavy atom. The number of hydrogen-bond acceptors (Lipinski definition) is 2. The number of amides is 2. The van der Waals surface area contributed by atoms with Crippen LogP contribution >= 0.6 is 15.9 Å². The fraction of sp³-hybridized carbons (Fsp3) is 0. The molecule has 20 heavy (non-hydrogen) atoms. The van der Waals surface area contributed by atoms with Gasteiger partial charge in [-0.2, -0.15) is 0 Å². The fourth-order valence-electron chi connectivity index (χ4n) is 1.50. The van der Waals surface area contributed by atoms with Crippen LogP contribution in [-0.2, 0) is 0 Å². The van der Waals surface area contributed by atoms with Gasteiger partial charge in [0.1, 0.15) is 11.6 Å². The van der Waals surface area contributed by atoms with E-state index in [2.05, 4.69) is 26.6 Å². The molecular weight excluding hydrogens is 332 g/mol. The molecule has 2 aromatic rings. The van der Waals surface area contributed by atoms with Gasteiger partial charge in [0, 0.05) is 16.2 Å². The first-order chi connectivity index (χ1) is 9.45. The molecule has 0 fully saturated rings. The van der Waals surface area contributed by atoms with Crippen molar-refractivity contribution >= 4 is 39.0 Å². The summed E-state index contributed by atoms with van der Waals surface area (Å²) in [6.07, 6.45) is 0. The molecular formula is C13H10BrF2N3O. The molecule has 0 saturated carbocycles. The van der Waals surface area contributed by atoms with E-state index in [4.69, 9.17) is 5.73 Å². The summed E-state index contributed by atoms with van der Waals surface area (Å²) in [7, 11) is 0. The van der Waals surface area contributed by atoms with Crippen LogP contribution in [-0.4, -0.2) is 6.03 Å². The van der Waals surface area contributed by atoms with E-state index in [1.165, 1.54) is 0 Å². The van der Waals surface area contributed by atoms with Crippen LogP contribution < -0.4 is 16.4 Å². The molecule has 0 aliphatic carbocycles. The number of hydrogen-bond donors (Lipinski definition) is 3. The molecule has 2 rings (SSSR count). The van der Waals surface area contributed by atoms with E-state index in [1.54, 1.807) is 18.2 Å². The maximum absolute atomic E-state index is 13.4. The van der Waals surface area contributed by atoms with Crippen molar-refractivity contribution in [2.75, 3.05) is 16.4 Å². The van der Waals surface area contributed by atoms with Gasteiger partial charge in [-0.05, 0) is 46.3 Å². The molecule has 0 spiro atoms. The highest BCUT2D eigenvalue weighted by molar-refractivity contribution is 9.10. The minimum atomic E-state index is -0.850. The van der Waals surface area contributed by atoms with Gasteiger partial charge in [-0.3, -0.25) is 0 Å². The largest absolute Gasteiger partial charge is 0.399 e. The lowest BCUT2D eigenvalue weighted by molar-refractivity contribution is 0.262. The number of benzene rings is 2. The second kappa shape index (κ2) is 5.87. The summed E-state index contributed by atoms with van der Waals surface area (Å²) < 4.78 is 26.7. The molecule has 2 aromatic carbocycles. The third kappa shape index (κ3) is 3.45. The Balaban J connectivity index is 2.09. The van der Waals surface area contributed by atoms with E-state index >= 15 is 0 Å². The van der Waals surface area contributed by atoms with E-state index in [0.717, 1.165) is 12.1 Å². The Hall–Kier alpha value is -2.15. The predicted octanol–water partition coefficient (Wildman–Crippen LogP) is 3.95. The Morgan fingerprint density at radius 2 is 1.70 bits per heavy atom. The average Bonchev–Trinajstić information content (AvgIpc) is 2.36. The van der Waals surface area contributed by atoms with E-state index in [9.17, 15) is 13.6 Å². The minimum absolute atomic E-state index is 0.115. The summed E-state index contributed by atoms with van der Waals surface area (Å²) in [4.78, 5) is 11.7. The quantitative estimate of drug-likeness (QED) is 0.724. The van der Waals surface area contributed by atoms with Gasteiger partial charge in [-0.25, -0.2) is 13.6 Å². The summed E-state index contributed by atoms with van der Waals surface area (Å²) in [5.41, 5.74) is 6.46. The molecule has 7 heteroatoms. The average molecular weight is 342 g/mol. The number of nitrogens with two attached hydrogens (primary N) is 1. The van der Waals surface area contributed by atoms with Gasteiger partial charge in [0.15, 0.2) is 0 Å². The number of nitrogens with one attached hydrogen (secondary N) is 2. The molecule has 0 bridgehead atoms. The van der Waals surface area contributed by atoms with Crippen LogP contribution in [0.25, 0.3) is 0 Å². The zero-order chi connectivity index (χ0) is 14.7. The summed E-state index contributed by atoms with van der Waals surface area (Å²) in [6, 6.07) is 7.06. The van der Waals surface area contributed by atoms with Crippen molar-refractivity contribution in [2.24, 2.45) is 0 Å². The molecule has 4 nitrogen and oxygen atoms in total. The van der Waals surface area contributed by atoms with Crippen molar-refractivity contribution < 1.29 is 13.6 Å². The van der Waals surface area contributed by atoms with E-state index in [0.29, 0.717) is 21.9 Å². The summed E-state index contributed by atoms with van der Waals surface area (Å²) in [5, 5.41) is 4.80. The number of urea groups is 1. The van der Waals surface area contributed by atoms with Gasteiger partial charge >= 0.3 is 6.03 Å². The van der Waals surface area contributed by atoms with Gasteiger partial charge in [-0.1, -0.05) is 0 Å². The Labute approximate surface area is 122 Å². The topological polar surface area (TPSA) is 67.1 Å². The van der Waals surface area contributed by atoms with Crippen LogP contribution in [0.5, 0.6) is 0 Å². The molecule has 104 valence electrons. The SMILES string of the molecule is Nc1ccc(NC(=O)Nc2ccc(F)cc2F)c(Br)c1. The predicted molar refractivity (Wildman–Crippen MR) is 77.6 cm³/mol.